The highest BCUT2D eigenvalue weighted by Crippen LogP contribution is 2.25. The maximum Gasteiger partial charge on any atom is 0.335 e. The zero-order chi connectivity index (χ0) is 21.8. The third kappa shape index (κ3) is 4.48. The van der Waals surface area contributed by atoms with E-state index in [1.54, 1.807) is 18.2 Å². The fourth-order valence-corrected chi connectivity index (χ4v) is 3.17. The first-order valence-electron chi connectivity index (χ1n) is 9.65. The number of aromatic nitrogens is 1. The third-order valence-corrected chi connectivity index (χ3v) is 4.85. The Balaban J connectivity index is 1.62. The van der Waals surface area contributed by atoms with E-state index in [1.807, 2.05) is 55.5 Å². The molecule has 0 aliphatic heterocycles. The van der Waals surface area contributed by atoms with Crippen molar-refractivity contribution in [2.24, 2.45) is 5.10 Å². The molecular weight excluding hydrogens is 390 g/mol. The Kier molecular flexibility index (Phi) is 5.53. The van der Waals surface area contributed by atoms with Gasteiger partial charge in [0.15, 0.2) is 0 Å². The molecule has 0 saturated heterocycles. The Morgan fingerprint density at radius 1 is 0.968 bits per heavy atom. The number of hydrogen-bond donors (Lipinski definition) is 2. The number of carbonyl (C=O) groups is 2. The van der Waals surface area contributed by atoms with Crippen LogP contribution in [-0.2, 0) is 0 Å². The van der Waals surface area contributed by atoms with Crippen molar-refractivity contribution in [1.29, 1.82) is 0 Å². The molecule has 31 heavy (non-hydrogen) atoms. The number of rotatable bonds is 5. The second-order valence-electron chi connectivity index (χ2n) is 7.06. The van der Waals surface area contributed by atoms with E-state index in [9.17, 15) is 9.59 Å². The van der Waals surface area contributed by atoms with Crippen molar-refractivity contribution in [3.63, 3.8) is 0 Å². The smallest absolute Gasteiger partial charge is 0.335 e. The molecule has 0 radical (unpaired) electrons. The number of pyridine rings is 1. The summed E-state index contributed by atoms with van der Waals surface area (Å²) in [6.07, 6.45) is 1.47. The highest BCUT2D eigenvalue weighted by molar-refractivity contribution is 6.07. The van der Waals surface area contributed by atoms with Crippen molar-refractivity contribution in [1.82, 2.24) is 10.4 Å². The van der Waals surface area contributed by atoms with Crippen LogP contribution in [0.5, 0.6) is 0 Å². The molecule has 1 amide bonds. The fourth-order valence-electron chi connectivity index (χ4n) is 3.17. The van der Waals surface area contributed by atoms with Crippen LogP contribution in [0.1, 0.15) is 31.8 Å². The highest BCUT2D eigenvalue weighted by Gasteiger charge is 2.13. The lowest BCUT2D eigenvalue weighted by Crippen LogP contribution is -2.18. The molecule has 0 unspecified atom stereocenters. The van der Waals surface area contributed by atoms with E-state index in [-0.39, 0.29) is 11.5 Å². The highest BCUT2D eigenvalue weighted by atomic mass is 16.4. The van der Waals surface area contributed by atoms with Crippen LogP contribution >= 0.6 is 0 Å². The number of hydrazone groups is 1. The number of fused-ring (bicyclic) bond motifs is 1. The Bertz CT molecular complexity index is 1290. The average molecular weight is 409 g/mol. The van der Waals surface area contributed by atoms with E-state index in [1.165, 1.54) is 18.3 Å². The van der Waals surface area contributed by atoms with Gasteiger partial charge in [-0.3, -0.25) is 4.79 Å². The van der Waals surface area contributed by atoms with E-state index >= 15 is 0 Å². The summed E-state index contributed by atoms with van der Waals surface area (Å²) in [6.45, 7) is 2.02. The molecule has 0 aliphatic carbocycles. The van der Waals surface area contributed by atoms with Gasteiger partial charge in [-0.2, -0.15) is 5.10 Å². The van der Waals surface area contributed by atoms with Crippen LogP contribution in [0.4, 0.5) is 0 Å². The van der Waals surface area contributed by atoms with Gasteiger partial charge in [0, 0.05) is 10.9 Å². The van der Waals surface area contributed by atoms with Gasteiger partial charge < -0.3 is 5.11 Å². The van der Waals surface area contributed by atoms with E-state index in [0.717, 1.165) is 22.0 Å². The van der Waals surface area contributed by atoms with Crippen molar-refractivity contribution in [3.05, 3.63) is 101 Å². The van der Waals surface area contributed by atoms with Gasteiger partial charge in [-0.15, -0.1) is 0 Å². The molecule has 0 spiro atoms. The topological polar surface area (TPSA) is 91.7 Å². The second-order valence-corrected chi connectivity index (χ2v) is 7.06. The van der Waals surface area contributed by atoms with Gasteiger partial charge in [0.05, 0.1) is 28.6 Å². The molecule has 0 fully saturated rings. The van der Waals surface area contributed by atoms with E-state index in [2.05, 4.69) is 10.5 Å². The van der Waals surface area contributed by atoms with Crippen LogP contribution in [0.15, 0.2) is 84.0 Å². The number of aryl methyl sites for hydroxylation is 1. The van der Waals surface area contributed by atoms with Crippen molar-refractivity contribution in [2.45, 2.75) is 6.92 Å². The van der Waals surface area contributed by atoms with Crippen molar-refractivity contribution in [2.75, 3.05) is 0 Å². The summed E-state index contributed by atoms with van der Waals surface area (Å²) in [6, 6.07) is 23.4. The first-order chi connectivity index (χ1) is 15.0. The van der Waals surface area contributed by atoms with Crippen LogP contribution in [0.2, 0.25) is 0 Å². The Labute approximate surface area is 178 Å². The summed E-state index contributed by atoms with van der Waals surface area (Å²) >= 11 is 0. The molecule has 0 bridgehead atoms. The minimum absolute atomic E-state index is 0.188. The second kappa shape index (κ2) is 8.59. The predicted molar refractivity (Wildman–Crippen MR) is 120 cm³/mol. The lowest BCUT2D eigenvalue weighted by Gasteiger charge is -2.09. The number of hydrogen-bond acceptors (Lipinski definition) is 4. The molecule has 6 heteroatoms. The average Bonchev–Trinajstić information content (AvgIpc) is 2.79. The van der Waals surface area contributed by atoms with Gasteiger partial charge in [0.25, 0.3) is 5.91 Å². The van der Waals surface area contributed by atoms with Gasteiger partial charge in [0.1, 0.15) is 0 Å². The lowest BCUT2D eigenvalue weighted by atomic mass is 10.0. The molecule has 0 saturated carbocycles. The van der Waals surface area contributed by atoms with Crippen molar-refractivity contribution < 1.29 is 14.7 Å². The molecule has 3 aromatic carbocycles. The van der Waals surface area contributed by atoms with Gasteiger partial charge in [-0.1, -0.05) is 60.2 Å². The molecule has 152 valence electrons. The Morgan fingerprint density at radius 3 is 2.39 bits per heavy atom. The fraction of sp³-hybridized carbons (Fsp3) is 0.0400. The van der Waals surface area contributed by atoms with Crippen LogP contribution in [0, 0.1) is 6.92 Å². The van der Waals surface area contributed by atoms with Gasteiger partial charge in [0.2, 0.25) is 0 Å². The minimum Gasteiger partial charge on any atom is -0.478 e. The minimum atomic E-state index is -0.995. The number of benzene rings is 3. The number of aromatic carboxylic acids is 1. The first kappa shape index (κ1) is 20.0. The molecule has 4 aromatic rings. The van der Waals surface area contributed by atoms with Gasteiger partial charge in [-0.05, 0) is 36.8 Å². The summed E-state index contributed by atoms with van der Waals surface area (Å²) in [5, 5.41) is 13.7. The molecule has 0 atom stereocenters. The number of carboxylic acid groups (broad SMARTS) is 1. The zero-order valence-electron chi connectivity index (χ0n) is 16.7. The summed E-state index contributed by atoms with van der Waals surface area (Å²) in [5.41, 5.74) is 7.38. The van der Waals surface area contributed by atoms with Crippen molar-refractivity contribution in [3.8, 4) is 11.3 Å². The van der Waals surface area contributed by atoms with Crippen LogP contribution in [0.25, 0.3) is 22.2 Å². The molecule has 2 N–H and O–H groups in total. The summed E-state index contributed by atoms with van der Waals surface area (Å²) in [4.78, 5) is 28.5. The van der Waals surface area contributed by atoms with Gasteiger partial charge >= 0.3 is 5.97 Å². The Hall–Kier alpha value is -4.32. The SMILES string of the molecule is Cc1ccc(-c2cc(C(=O)N/N=C\c3ccc(C(=O)O)cc3)c3ccccc3n2)cc1. The lowest BCUT2D eigenvalue weighted by molar-refractivity contribution is 0.0696. The molecule has 1 aromatic heterocycles. The molecule has 6 nitrogen and oxygen atoms in total. The monoisotopic (exact) mass is 409 g/mol. The number of carbonyl (C=O) groups excluding carboxylic acids is 1. The molecular formula is C25H19N3O3. The van der Waals surface area contributed by atoms with E-state index in [4.69, 9.17) is 10.1 Å². The quantitative estimate of drug-likeness (QED) is 0.370. The zero-order valence-corrected chi connectivity index (χ0v) is 16.7. The maximum absolute atomic E-state index is 12.9. The molecule has 4 rings (SSSR count). The maximum atomic E-state index is 12.9. The molecule has 1 heterocycles. The largest absolute Gasteiger partial charge is 0.478 e. The normalized spacial score (nSPS) is 11.0. The number of nitrogens with one attached hydrogen (secondary N) is 1. The number of nitrogens with zero attached hydrogens (tertiary/aromatic N) is 2. The van der Waals surface area contributed by atoms with E-state index < -0.39 is 5.97 Å². The third-order valence-electron chi connectivity index (χ3n) is 4.85. The number of amides is 1. The number of para-hydroxylation sites is 1. The number of carboxylic acids is 1. The van der Waals surface area contributed by atoms with E-state index in [0.29, 0.717) is 16.8 Å². The van der Waals surface area contributed by atoms with Crippen molar-refractivity contribution >= 4 is 29.0 Å². The summed E-state index contributed by atoms with van der Waals surface area (Å²) in [7, 11) is 0. The standard InChI is InChI=1S/C25H19N3O3/c1-16-6-10-18(11-7-16)23-14-21(20-4-2-3-5-22(20)27-23)24(29)28-26-15-17-8-12-19(13-9-17)25(30)31/h2-15H,1H3,(H,28,29)(H,30,31)/b26-15-. The first-order valence-corrected chi connectivity index (χ1v) is 9.65. The Morgan fingerprint density at radius 2 is 1.68 bits per heavy atom. The summed E-state index contributed by atoms with van der Waals surface area (Å²) < 4.78 is 0. The van der Waals surface area contributed by atoms with Crippen LogP contribution in [-0.4, -0.2) is 28.2 Å². The predicted octanol–water partition coefficient (Wildman–Crippen LogP) is 4.67. The molecule has 0 aliphatic rings. The van der Waals surface area contributed by atoms with Gasteiger partial charge in [-0.25, -0.2) is 15.2 Å². The summed E-state index contributed by atoms with van der Waals surface area (Å²) in [5.74, 6) is -1.35. The van der Waals surface area contributed by atoms with Crippen LogP contribution < -0.4 is 5.43 Å². The van der Waals surface area contributed by atoms with Crippen LogP contribution in [0.3, 0.4) is 0 Å².